The molecule has 1 heterocycles. The summed E-state index contributed by atoms with van der Waals surface area (Å²) < 4.78 is 79.4. The van der Waals surface area contributed by atoms with Crippen molar-refractivity contribution in [3.63, 3.8) is 0 Å². The van der Waals surface area contributed by atoms with E-state index in [1.165, 1.54) is 24.3 Å². The highest BCUT2D eigenvalue weighted by atomic mass is 19.4. The largest absolute Gasteiger partial charge is 0.416 e. The van der Waals surface area contributed by atoms with Crippen molar-refractivity contribution in [1.29, 1.82) is 0 Å². The van der Waals surface area contributed by atoms with Crippen molar-refractivity contribution in [1.82, 2.24) is 9.55 Å². The fourth-order valence-corrected chi connectivity index (χ4v) is 3.51. The van der Waals surface area contributed by atoms with Gasteiger partial charge in [-0.1, -0.05) is 54.6 Å². The van der Waals surface area contributed by atoms with Gasteiger partial charge in [-0.15, -0.1) is 0 Å². The molecule has 2 nitrogen and oxygen atoms in total. The maximum Gasteiger partial charge on any atom is 0.416 e. The lowest BCUT2D eigenvalue weighted by atomic mass is 10.0. The molecular weight excluding hydrogens is 430 g/mol. The van der Waals surface area contributed by atoms with Crippen LogP contribution in [-0.4, -0.2) is 9.55 Å². The van der Waals surface area contributed by atoms with E-state index in [1.807, 2.05) is 30.3 Å². The molecule has 0 N–H and O–H groups in total. The first-order chi connectivity index (χ1) is 15.1. The Morgan fingerprint density at radius 2 is 1.06 bits per heavy atom. The minimum absolute atomic E-state index is 0.396. The smallest absolute Gasteiger partial charge is 0.327 e. The second-order valence-corrected chi connectivity index (χ2v) is 7.21. The summed E-state index contributed by atoms with van der Waals surface area (Å²) in [7, 11) is 1.72. The van der Waals surface area contributed by atoms with Crippen LogP contribution in [0.1, 0.15) is 11.1 Å². The van der Waals surface area contributed by atoms with Gasteiger partial charge in [0.2, 0.25) is 0 Å². The number of rotatable bonds is 3. The van der Waals surface area contributed by atoms with Crippen LogP contribution in [0.5, 0.6) is 0 Å². The maximum atomic E-state index is 13.0. The van der Waals surface area contributed by atoms with Gasteiger partial charge in [0.25, 0.3) is 0 Å². The first kappa shape index (κ1) is 21.7. The summed E-state index contributed by atoms with van der Waals surface area (Å²) in [5.41, 5.74) is 1.21. The molecule has 4 aromatic rings. The van der Waals surface area contributed by atoms with Gasteiger partial charge in [-0.05, 0) is 24.3 Å². The molecule has 0 bridgehead atoms. The lowest BCUT2D eigenvalue weighted by Gasteiger charge is -2.10. The van der Waals surface area contributed by atoms with Crippen molar-refractivity contribution in [3.05, 3.63) is 90.0 Å². The van der Waals surface area contributed by atoms with Gasteiger partial charge in [-0.25, -0.2) is 4.98 Å². The number of aromatic nitrogens is 2. The Balaban J connectivity index is 1.87. The molecule has 4 rings (SSSR count). The number of imidazole rings is 1. The van der Waals surface area contributed by atoms with Crippen LogP contribution in [-0.2, 0) is 19.4 Å². The Labute approximate surface area is 179 Å². The van der Waals surface area contributed by atoms with E-state index in [9.17, 15) is 26.3 Å². The summed E-state index contributed by atoms with van der Waals surface area (Å²) in [6.07, 6.45) is -8.92. The second-order valence-electron chi connectivity index (χ2n) is 7.21. The Kier molecular flexibility index (Phi) is 5.32. The van der Waals surface area contributed by atoms with Gasteiger partial charge < -0.3 is 4.57 Å². The highest BCUT2D eigenvalue weighted by molar-refractivity contribution is 5.82. The highest BCUT2D eigenvalue weighted by Crippen LogP contribution is 2.38. The average Bonchev–Trinajstić information content (AvgIpc) is 3.10. The molecule has 0 saturated carbocycles. The van der Waals surface area contributed by atoms with E-state index in [-0.39, 0.29) is 0 Å². The summed E-state index contributed by atoms with van der Waals surface area (Å²) in [4.78, 5) is 4.61. The number of alkyl halides is 6. The molecule has 0 aliphatic carbocycles. The summed E-state index contributed by atoms with van der Waals surface area (Å²) in [5.74, 6) is 0.396. The quantitative estimate of drug-likeness (QED) is 0.299. The normalized spacial score (nSPS) is 12.2. The third-order valence-corrected chi connectivity index (χ3v) is 5.10. The number of hydrogen-bond acceptors (Lipinski definition) is 1. The molecule has 0 aliphatic heterocycles. The summed E-state index contributed by atoms with van der Waals surface area (Å²) in [5, 5.41) is 0. The summed E-state index contributed by atoms with van der Waals surface area (Å²) in [6, 6.07) is 18.4. The van der Waals surface area contributed by atoms with Crippen LogP contribution < -0.4 is 0 Å². The molecule has 8 heteroatoms. The average molecular weight is 446 g/mol. The number of benzene rings is 3. The van der Waals surface area contributed by atoms with Crippen molar-refractivity contribution in [2.45, 2.75) is 12.4 Å². The molecule has 0 unspecified atom stereocenters. The molecular formula is C24H16F6N2. The van der Waals surface area contributed by atoms with Gasteiger partial charge in [-0.2, -0.15) is 26.3 Å². The monoisotopic (exact) mass is 446 g/mol. The molecule has 164 valence electrons. The van der Waals surface area contributed by atoms with E-state index in [2.05, 4.69) is 4.98 Å². The topological polar surface area (TPSA) is 17.8 Å². The molecule has 1 aromatic heterocycles. The predicted molar refractivity (Wildman–Crippen MR) is 110 cm³/mol. The molecule has 0 spiro atoms. The Morgan fingerprint density at radius 1 is 0.594 bits per heavy atom. The van der Waals surface area contributed by atoms with E-state index >= 15 is 0 Å². The molecule has 0 saturated heterocycles. The van der Waals surface area contributed by atoms with Gasteiger partial charge >= 0.3 is 12.4 Å². The van der Waals surface area contributed by atoms with E-state index in [0.29, 0.717) is 28.3 Å². The van der Waals surface area contributed by atoms with Crippen molar-refractivity contribution >= 4 is 0 Å². The number of nitrogens with zero attached hydrogens (tertiary/aromatic N) is 2. The van der Waals surface area contributed by atoms with Crippen LogP contribution in [0.25, 0.3) is 33.9 Å². The summed E-state index contributed by atoms with van der Waals surface area (Å²) >= 11 is 0. The van der Waals surface area contributed by atoms with Crippen LogP contribution in [0, 0.1) is 0 Å². The Morgan fingerprint density at radius 3 is 1.53 bits per heavy atom. The van der Waals surface area contributed by atoms with Crippen molar-refractivity contribution < 1.29 is 26.3 Å². The Hall–Kier alpha value is -3.55. The fourth-order valence-electron chi connectivity index (χ4n) is 3.51. The van der Waals surface area contributed by atoms with Gasteiger partial charge in [0.05, 0.1) is 22.5 Å². The van der Waals surface area contributed by atoms with E-state index in [1.54, 1.807) is 11.6 Å². The van der Waals surface area contributed by atoms with Crippen molar-refractivity contribution in [3.8, 4) is 33.9 Å². The molecule has 32 heavy (non-hydrogen) atoms. The molecule has 0 fully saturated rings. The van der Waals surface area contributed by atoms with Crippen LogP contribution in [0.2, 0.25) is 0 Å². The SMILES string of the molecule is Cn1c(-c2ccc(C(F)(F)F)cc2)nc(-c2ccc(C(F)(F)F)cc2)c1-c1ccccc1. The molecule has 0 radical (unpaired) electrons. The molecule has 3 aromatic carbocycles. The minimum Gasteiger partial charge on any atom is -0.327 e. The lowest BCUT2D eigenvalue weighted by molar-refractivity contribution is -0.138. The van der Waals surface area contributed by atoms with Crippen LogP contribution in [0.4, 0.5) is 26.3 Å². The zero-order valence-corrected chi connectivity index (χ0v) is 16.7. The zero-order chi connectivity index (χ0) is 23.1. The molecule has 0 amide bonds. The minimum atomic E-state index is -4.46. The zero-order valence-electron chi connectivity index (χ0n) is 16.7. The fraction of sp³-hybridized carbons (Fsp3) is 0.125. The third kappa shape index (κ3) is 4.12. The van der Waals surface area contributed by atoms with Gasteiger partial charge in [0.1, 0.15) is 5.82 Å². The molecule has 0 atom stereocenters. The van der Waals surface area contributed by atoms with Gasteiger partial charge in [0.15, 0.2) is 0 Å². The van der Waals surface area contributed by atoms with E-state index in [4.69, 9.17) is 0 Å². The highest BCUT2D eigenvalue weighted by Gasteiger charge is 2.31. The van der Waals surface area contributed by atoms with E-state index in [0.717, 1.165) is 29.8 Å². The van der Waals surface area contributed by atoms with Gasteiger partial charge in [0, 0.05) is 23.7 Å². The van der Waals surface area contributed by atoms with Crippen LogP contribution in [0.3, 0.4) is 0 Å². The first-order valence-corrected chi connectivity index (χ1v) is 9.53. The van der Waals surface area contributed by atoms with E-state index < -0.39 is 23.5 Å². The lowest BCUT2D eigenvalue weighted by Crippen LogP contribution is -2.04. The molecule has 0 aliphatic rings. The Bertz CT molecular complexity index is 1220. The summed E-state index contributed by atoms with van der Waals surface area (Å²) in [6.45, 7) is 0. The number of hydrogen-bond donors (Lipinski definition) is 0. The van der Waals surface area contributed by atoms with Crippen LogP contribution in [0.15, 0.2) is 78.9 Å². The standard InChI is InChI=1S/C24H16F6N2/c1-32-21(16-5-3-2-4-6-16)20(15-7-11-18(12-8-15)23(25,26)27)31-22(32)17-9-13-19(14-10-17)24(28,29)30/h2-14H,1H3. The van der Waals surface area contributed by atoms with Crippen LogP contribution >= 0.6 is 0 Å². The van der Waals surface area contributed by atoms with Crippen molar-refractivity contribution in [2.75, 3.05) is 0 Å². The predicted octanol–water partition coefficient (Wildman–Crippen LogP) is 7.46. The second kappa shape index (κ2) is 7.85. The number of halogens is 6. The third-order valence-electron chi connectivity index (χ3n) is 5.10. The van der Waals surface area contributed by atoms with Gasteiger partial charge in [-0.3, -0.25) is 0 Å². The maximum absolute atomic E-state index is 13.0. The van der Waals surface area contributed by atoms with Crippen molar-refractivity contribution in [2.24, 2.45) is 7.05 Å². The first-order valence-electron chi connectivity index (χ1n) is 9.53.